The topological polar surface area (TPSA) is 102 Å². The molecule has 0 aromatic rings. The predicted octanol–water partition coefficient (Wildman–Crippen LogP) is 1.77. The summed E-state index contributed by atoms with van der Waals surface area (Å²) in [5, 5.41) is 2.72. The Morgan fingerprint density at radius 1 is 1.28 bits per heavy atom. The van der Waals surface area contributed by atoms with Crippen molar-refractivity contribution in [3.05, 3.63) is 0 Å². The minimum Gasteiger partial charge on any atom is -0.469 e. The van der Waals surface area contributed by atoms with Crippen LogP contribution in [0.4, 0.5) is 0 Å². The summed E-state index contributed by atoms with van der Waals surface area (Å²) in [7, 11) is 1.34. The fourth-order valence-corrected chi connectivity index (χ4v) is 2.70. The Kier molecular flexibility index (Phi) is 11.7. The van der Waals surface area contributed by atoms with E-state index in [4.69, 9.17) is 23.7 Å². The van der Waals surface area contributed by atoms with Gasteiger partial charge in [0.15, 0.2) is 12.1 Å². The molecule has 9 nitrogen and oxygen atoms in total. The van der Waals surface area contributed by atoms with Gasteiger partial charge in [-0.1, -0.05) is 13.3 Å². The molecule has 1 saturated heterocycles. The van der Waals surface area contributed by atoms with Crippen molar-refractivity contribution in [2.24, 2.45) is 0 Å². The Balaban J connectivity index is 2.70. The van der Waals surface area contributed by atoms with Gasteiger partial charge in [0.05, 0.1) is 39.4 Å². The second-order valence-corrected chi connectivity index (χ2v) is 7.56. The van der Waals surface area contributed by atoms with Crippen LogP contribution in [0.3, 0.4) is 0 Å². The van der Waals surface area contributed by atoms with Crippen LogP contribution in [0, 0.1) is 0 Å². The van der Waals surface area contributed by atoms with Crippen molar-refractivity contribution in [1.82, 2.24) is 5.32 Å². The summed E-state index contributed by atoms with van der Waals surface area (Å²) >= 11 is 0. The molecule has 1 N–H and O–H groups in total. The molecule has 0 radical (unpaired) electrons. The fourth-order valence-electron chi connectivity index (χ4n) is 2.70. The largest absolute Gasteiger partial charge is 0.469 e. The van der Waals surface area contributed by atoms with Crippen LogP contribution < -0.4 is 5.32 Å². The normalized spacial score (nSPS) is 23.2. The number of rotatable bonds is 13. The van der Waals surface area contributed by atoms with Gasteiger partial charge in [0.25, 0.3) is 0 Å². The molecule has 1 aliphatic heterocycles. The molecule has 0 aliphatic carbocycles. The van der Waals surface area contributed by atoms with E-state index in [-0.39, 0.29) is 37.6 Å². The monoisotopic (exact) mass is 419 g/mol. The van der Waals surface area contributed by atoms with Crippen molar-refractivity contribution in [2.75, 3.05) is 33.5 Å². The number of carbonyl (C=O) groups is 2. The van der Waals surface area contributed by atoms with Gasteiger partial charge >= 0.3 is 5.97 Å². The summed E-state index contributed by atoms with van der Waals surface area (Å²) in [4.78, 5) is 22.7. The van der Waals surface area contributed by atoms with Gasteiger partial charge in [0, 0.05) is 13.5 Å². The van der Waals surface area contributed by atoms with Crippen LogP contribution in [-0.2, 0) is 38.0 Å². The quantitative estimate of drug-likeness (QED) is 0.274. The van der Waals surface area contributed by atoms with Crippen molar-refractivity contribution in [1.29, 1.82) is 0 Å². The molecular formula is C20H37NO8. The maximum Gasteiger partial charge on any atom is 0.308 e. The summed E-state index contributed by atoms with van der Waals surface area (Å²) in [6, 6.07) is 0. The van der Waals surface area contributed by atoms with Gasteiger partial charge in [-0.25, -0.2) is 0 Å². The molecule has 0 bridgehead atoms. The molecule has 0 saturated carbocycles. The number of nitrogens with one attached hydrogen (secondary N) is 1. The Morgan fingerprint density at radius 2 is 2.00 bits per heavy atom. The van der Waals surface area contributed by atoms with Gasteiger partial charge in [-0.05, 0) is 27.2 Å². The Morgan fingerprint density at radius 3 is 2.62 bits per heavy atom. The Hall–Kier alpha value is -1.26. The van der Waals surface area contributed by atoms with Crippen LogP contribution in [-0.4, -0.2) is 75.7 Å². The number of hydrogen-bond acceptors (Lipinski definition) is 8. The van der Waals surface area contributed by atoms with Crippen LogP contribution in [0.2, 0.25) is 0 Å². The van der Waals surface area contributed by atoms with Crippen molar-refractivity contribution in [3.8, 4) is 0 Å². The molecule has 1 unspecified atom stereocenters. The van der Waals surface area contributed by atoms with Crippen LogP contribution in [0.15, 0.2) is 0 Å². The third-order valence-electron chi connectivity index (χ3n) is 4.32. The lowest BCUT2D eigenvalue weighted by Gasteiger charge is -2.42. The molecule has 29 heavy (non-hydrogen) atoms. The molecule has 0 spiro atoms. The highest BCUT2D eigenvalue weighted by atomic mass is 16.8. The molecule has 1 fully saturated rings. The number of carbonyl (C=O) groups excluding carboxylic acids is 2. The van der Waals surface area contributed by atoms with E-state index in [1.165, 1.54) is 14.0 Å². The zero-order valence-corrected chi connectivity index (χ0v) is 18.5. The third-order valence-corrected chi connectivity index (χ3v) is 4.32. The zero-order valence-electron chi connectivity index (χ0n) is 18.5. The minimum atomic E-state index is -0.782. The van der Waals surface area contributed by atoms with Gasteiger partial charge in [0.2, 0.25) is 5.91 Å². The summed E-state index contributed by atoms with van der Waals surface area (Å²) in [5.74, 6) is -1.28. The number of methoxy groups -OCH3 is 1. The third kappa shape index (κ3) is 10.9. The van der Waals surface area contributed by atoms with Crippen LogP contribution in [0.25, 0.3) is 0 Å². The molecule has 170 valence electrons. The number of amides is 1. The molecular weight excluding hydrogens is 382 g/mol. The van der Waals surface area contributed by atoms with E-state index in [1.54, 1.807) is 6.92 Å². The number of esters is 1. The van der Waals surface area contributed by atoms with E-state index in [9.17, 15) is 9.59 Å². The molecule has 0 aromatic carbocycles. The fraction of sp³-hybridized carbons (Fsp3) is 0.900. The first-order chi connectivity index (χ1) is 13.7. The lowest BCUT2D eigenvalue weighted by Crippen LogP contribution is -2.53. The van der Waals surface area contributed by atoms with E-state index < -0.39 is 24.3 Å². The number of hydrogen-bond donors (Lipinski definition) is 1. The highest BCUT2D eigenvalue weighted by molar-refractivity contribution is 5.72. The summed E-state index contributed by atoms with van der Waals surface area (Å²) in [6.45, 7) is 10.2. The molecule has 1 amide bonds. The molecule has 1 aliphatic rings. The predicted molar refractivity (Wildman–Crippen MR) is 105 cm³/mol. The van der Waals surface area contributed by atoms with Gasteiger partial charge in [-0.15, -0.1) is 0 Å². The smallest absolute Gasteiger partial charge is 0.308 e. The van der Waals surface area contributed by atoms with Crippen LogP contribution in [0.5, 0.6) is 0 Å². The standard InChI is InChI=1S/C20H37NO8/c1-7-8-9-25-19(11-21-15(3)22)28-16-13-27-20(4,5)29-17(16)12-26-14(2)10-18(23)24-6/h14,16-17,19H,7-13H2,1-6H3,(H,21,22)/t14-,16?,17+,19+/m1/s1. The average molecular weight is 420 g/mol. The van der Waals surface area contributed by atoms with Crippen molar-refractivity contribution >= 4 is 11.9 Å². The molecule has 0 aromatic heterocycles. The molecule has 9 heteroatoms. The van der Waals surface area contributed by atoms with Crippen molar-refractivity contribution in [2.45, 2.75) is 84.3 Å². The first-order valence-electron chi connectivity index (χ1n) is 10.2. The molecule has 1 rings (SSSR count). The summed E-state index contributed by atoms with van der Waals surface area (Å²) in [6.07, 6.45) is 0.211. The molecule has 4 atom stereocenters. The highest BCUT2D eigenvalue weighted by Gasteiger charge is 2.39. The van der Waals surface area contributed by atoms with E-state index in [1.807, 2.05) is 13.8 Å². The second-order valence-electron chi connectivity index (χ2n) is 7.56. The highest BCUT2D eigenvalue weighted by Crippen LogP contribution is 2.26. The van der Waals surface area contributed by atoms with Gasteiger partial charge < -0.3 is 33.7 Å². The maximum absolute atomic E-state index is 11.4. The average Bonchev–Trinajstić information content (AvgIpc) is 2.65. The lowest BCUT2D eigenvalue weighted by molar-refractivity contribution is -0.334. The lowest BCUT2D eigenvalue weighted by atomic mass is 10.1. The summed E-state index contributed by atoms with van der Waals surface area (Å²) < 4.78 is 34.0. The Labute approximate surface area is 173 Å². The van der Waals surface area contributed by atoms with Gasteiger partial charge in [-0.2, -0.15) is 0 Å². The minimum absolute atomic E-state index is 0.153. The van der Waals surface area contributed by atoms with Crippen molar-refractivity contribution < 1.29 is 38.0 Å². The van der Waals surface area contributed by atoms with Crippen LogP contribution >= 0.6 is 0 Å². The summed E-state index contributed by atoms with van der Waals surface area (Å²) in [5.41, 5.74) is 0. The van der Waals surface area contributed by atoms with Crippen LogP contribution in [0.1, 0.15) is 53.9 Å². The maximum atomic E-state index is 11.4. The first kappa shape index (κ1) is 25.8. The molecule has 1 heterocycles. The Bertz CT molecular complexity index is 499. The van der Waals surface area contributed by atoms with E-state index in [0.29, 0.717) is 13.2 Å². The van der Waals surface area contributed by atoms with Gasteiger partial charge in [0.1, 0.15) is 12.2 Å². The number of ether oxygens (including phenoxy) is 6. The second kappa shape index (κ2) is 13.1. The van der Waals surface area contributed by atoms with Crippen molar-refractivity contribution in [3.63, 3.8) is 0 Å². The SMILES string of the molecule is CCCCO[C@H](CNC(C)=O)OC1COC(C)(C)O[C@H]1CO[C@H](C)CC(=O)OC. The first-order valence-corrected chi connectivity index (χ1v) is 10.2. The van der Waals surface area contributed by atoms with Gasteiger partial charge in [-0.3, -0.25) is 9.59 Å². The zero-order chi connectivity index (χ0) is 21.9. The number of unbranched alkanes of at least 4 members (excludes halogenated alkanes) is 1. The van der Waals surface area contributed by atoms with E-state index in [0.717, 1.165) is 12.8 Å². The van der Waals surface area contributed by atoms with E-state index in [2.05, 4.69) is 17.0 Å². The van der Waals surface area contributed by atoms with E-state index >= 15 is 0 Å².